The molecular formula is C22H22ClN3O2S. The van der Waals surface area contributed by atoms with Gasteiger partial charge in [-0.2, -0.15) is 0 Å². The van der Waals surface area contributed by atoms with Crippen molar-refractivity contribution in [1.29, 1.82) is 0 Å². The Bertz CT molecular complexity index is 1070. The van der Waals surface area contributed by atoms with Gasteiger partial charge in [-0.15, -0.1) is 0 Å². The summed E-state index contributed by atoms with van der Waals surface area (Å²) in [5, 5.41) is 7.47. The van der Waals surface area contributed by atoms with Gasteiger partial charge in [0.25, 0.3) is 5.91 Å². The van der Waals surface area contributed by atoms with Gasteiger partial charge < -0.3 is 14.6 Å². The highest BCUT2D eigenvalue weighted by Crippen LogP contribution is 2.31. The van der Waals surface area contributed by atoms with E-state index in [1.807, 2.05) is 49.4 Å². The van der Waals surface area contributed by atoms with Gasteiger partial charge in [-0.05, 0) is 62.7 Å². The van der Waals surface area contributed by atoms with Gasteiger partial charge >= 0.3 is 0 Å². The van der Waals surface area contributed by atoms with Crippen molar-refractivity contribution in [1.82, 2.24) is 5.32 Å². The fraction of sp³-hybridized carbons (Fsp3) is 0.273. The lowest BCUT2D eigenvalue weighted by molar-refractivity contribution is 0.0952. The standard InChI is InChI=1S/C22H22ClN3O2S/c1-14-16-7-3-4-8-19(16)28-20(14)21(27)25-22(29)24-15-9-10-18(17(23)13-15)26-11-5-2-6-12-26/h3-4,7-10,13H,2,5-6,11-12H2,1H3,(H2,24,25,27,29). The largest absolute Gasteiger partial charge is 0.451 e. The number of aryl methyl sites for hydroxylation is 1. The lowest BCUT2D eigenvalue weighted by Crippen LogP contribution is -2.34. The molecule has 2 aromatic carbocycles. The van der Waals surface area contributed by atoms with E-state index in [0.29, 0.717) is 10.6 Å². The number of anilines is 2. The Hall–Kier alpha value is -2.57. The minimum atomic E-state index is -0.382. The Kier molecular flexibility index (Phi) is 5.74. The van der Waals surface area contributed by atoms with Gasteiger partial charge in [0.2, 0.25) is 0 Å². The molecule has 4 rings (SSSR count). The molecule has 0 saturated carbocycles. The Labute approximate surface area is 180 Å². The summed E-state index contributed by atoms with van der Waals surface area (Å²) in [5.74, 6) is -0.124. The fourth-order valence-corrected chi connectivity index (χ4v) is 4.20. The molecule has 1 fully saturated rings. The molecule has 2 heterocycles. The van der Waals surface area contributed by atoms with Crippen LogP contribution in [0.1, 0.15) is 35.4 Å². The second-order valence-electron chi connectivity index (χ2n) is 7.17. The van der Waals surface area contributed by atoms with E-state index in [4.69, 9.17) is 28.2 Å². The van der Waals surface area contributed by atoms with Crippen molar-refractivity contribution in [3.8, 4) is 0 Å². The predicted molar refractivity (Wildman–Crippen MR) is 122 cm³/mol. The van der Waals surface area contributed by atoms with Gasteiger partial charge in [-0.1, -0.05) is 29.8 Å². The number of carbonyl (C=O) groups is 1. The molecule has 0 unspecified atom stereocenters. The fourth-order valence-electron chi connectivity index (χ4n) is 3.69. The molecule has 1 aromatic heterocycles. The molecule has 1 aliphatic heterocycles. The average Bonchev–Trinajstić information content (AvgIpc) is 3.06. The van der Waals surface area contributed by atoms with Crippen LogP contribution in [0.15, 0.2) is 46.9 Å². The summed E-state index contributed by atoms with van der Waals surface area (Å²) in [4.78, 5) is 14.9. The lowest BCUT2D eigenvalue weighted by Gasteiger charge is -2.29. The molecule has 1 saturated heterocycles. The van der Waals surface area contributed by atoms with Gasteiger partial charge in [0.1, 0.15) is 5.58 Å². The first-order chi connectivity index (χ1) is 14.0. The normalized spacial score (nSPS) is 14.1. The second-order valence-corrected chi connectivity index (χ2v) is 7.99. The molecule has 1 amide bonds. The zero-order valence-corrected chi connectivity index (χ0v) is 17.7. The smallest absolute Gasteiger partial charge is 0.293 e. The molecule has 5 nitrogen and oxygen atoms in total. The van der Waals surface area contributed by atoms with Crippen LogP contribution in [0.3, 0.4) is 0 Å². The van der Waals surface area contributed by atoms with Crippen LogP contribution in [0, 0.1) is 6.92 Å². The van der Waals surface area contributed by atoms with Crippen molar-refractivity contribution in [3.05, 3.63) is 58.8 Å². The molecule has 0 aliphatic carbocycles. The zero-order valence-electron chi connectivity index (χ0n) is 16.1. The van der Waals surface area contributed by atoms with Crippen molar-refractivity contribution >= 4 is 57.2 Å². The molecule has 1 aliphatic rings. The topological polar surface area (TPSA) is 57.5 Å². The van der Waals surface area contributed by atoms with Gasteiger partial charge in [0.15, 0.2) is 10.9 Å². The average molecular weight is 428 g/mol. The highest BCUT2D eigenvalue weighted by Gasteiger charge is 2.19. The minimum absolute atomic E-state index is 0.191. The van der Waals surface area contributed by atoms with E-state index in [9.17, 15) is 4.79 Å². The molecule has 7 heteroatoms. The number of nitrogens with one attached hydrogen (secondary N) is 2. The van der Waals surface area contributed by atoms with Crippen molar-refractivity contribution in [2.45, 2.75) is 26.2 Å². The first kappa shape index (κ1) is 19.7. The molecule has 3 aromatic rings. The summed E-state index contributed by atoms with van der Waals surface area (Å²) >= 11 is 11.8. The van der Waals surface area contributed by atoms with E-state index < -0.39 is 0 Å². The maximum Gasteiger partial charge on any atom is 0.293 e. The third-order valence-corrected chi connectivity index (χ3v) is 5.69. The molecule has 0 atom stereocenters. The van der Waals surface area contributed by atoms with Crippen LogP contribution >= 0.6 is 23.8 Å². The highest BCUT2D eigenvalue weighted by molar-refractivity contribution is 7.80. The molecule has 2 N–H and O–H groups in total. The second kappa shape index (κ2) is 8.43. The van der Waals surface area contributed by atoms with Crippen LogP contribution < -0.4 is 15.5 Å². The van der Waals surface area contributed by atoms with E-state index in [0.717, 1.165) is 35.4 Å². The molecule has 150 valence electrons. The summed E-state index contributed by atoms with van der Waals surface area (Å²) in [6, 6.07) is 13.3. The Morgan fingerprint density at radius 1 is 1.14 bits per heavy atom. The maximum absolute atomic E-state index is 12.6. The summed E-state index contributed by atoms with van der Waals surface area (Å²) < 4.78 is 5.69. The third-order valence-electron chi connectivity index (χ3n) is 5.18. The number of rotatable bonds is 3. The summed E-state index contributed by atoms with van der Waals surface area (Å²) in [6.07, 6.45) is 3.65. The summed E-state index contributed by atoms with van der Waals surface area (Å²) in [5.41, 5.74) is 3.22. The molecule has 29 heavy (non-hydrogen) atoms. The SMILES string of the molecule is Cc1c(C(=O)NC(=S)Nc2ccc(N3CCCCC3)c(Cl)c2)oc2ccccc12. The maximum atomic E-state index is 12.6. The van der Waals surface area contributed by atoms with Crippen molar-refractivity contribution in [3.63, 3.8) is 0 Å². The van der Waals surface area contributed by atoms with Crippen LogP contribution in [0.2, 0.25) is 5.02 Å². The van der Waals surface area contributed by atoms with Crippen LogP contribution in [0.5, 0.6) is 0 Å². The minimum Gasteiger partial charge on any atom is -0.451 e. The number of para-hydroxylation sites is 1. The summed E-state index contributed by atoms with van der Waals surface area (Å²) in [6.45, 7) is 3.91. The van der Waals surface area contributed by atoms with E-state index >= 15 is 0 Å². The number of carbonyl (C=O) groups excluding carboxylic acids is 1. The Balaban J connectivity index is 1.43. The van der Waals surface area contributed by atoms with Gasteiger partial charge in [-0.25, -0.2) is 0 Å². The molecule has 0 radical (unpaired) electrons. The van der Waals surface area contributed by atoms with Gasteiger partial charge in [0, 0.05) is 29.7 Å². The van der Waals surface area contributed by atoms with Crippen LogP contribution in [0.4, 0.5) is 11.4 Å². The highest BCUT2D eigenvalue weighted by atomic mass is 35.5. The Morgan fingerprint density at radius 2 is 1.90 bits per heavy atom. The number of benzene rings is 2. The lowest BCUT2D eigenvalue weighted by atomic mass is 10.1. The number of furan rings is 1. The number of fused-ring (bicyclic) bond motifs is 1. The number of halogens is 1. The van der Waals surface area contributed by atoms with Gasteiger partial charge in [0.05, 0.1) is 10.7 Å². The molecular weight excluding hydrogens is 406 g/mol. The van der Waals surface area contributed by atoms with Gasteiger partial charge in [-0.3, -0.25) is 10.1 Å². The predicted octanol–water partition coefficient (Wildman–Crippen LogP) is 5.51. The number of nitrogens with zero attached hydrogens (tertiary/aromatic N) is 1. The third kappa shape index (κ3) is 4.23. The van der Waals surface area contributed by atoms with E-state index in [-0.39, 0.29) is 16.8 Å². The van der Waals surface area contributed by atoms with Crippen LogP contribution in [-0.4, -0.2) is 24.1 Å². The van der Waals surface area contributed by atoms with E-state index in [1.165, 1.54) is 19.3 Å². The van der Waals surface area contributed by atoms with Crippen LogP contribution in [-0.2, 0) is 0 Å². The molecule has 0 bridgehead atoms. The first-order valence-electron chi connectivity index (χ1n) is 9.68. The monoisotopic (exact) mass is 427 g/mol. The van der Waals surface area contributed by atoms with Crippen molar-refractivity contribution in [2.24, 2.45) is 0 Å². The number of hydrogen-bond donors (Lipinski definition) is 2. The van der Waals surface area contributed by atoms with Crippen molar-refractivity contribution < 1.29 is 9.21 Å². The van der Waals surface area contributed by atoms with E-state index in [1.54, 1.807) is 0 Å². The summed E-state index contributed by atoms with van der Waals surface area (Å²) in [7, 11) is 0. The number of amides is 1. The van der Waals surface area contributed by atoms with E-state index in [2.05, 4.69) is 15.5 Å². The number of thiocarbonyl (C=S) groups is 1. The zero-order chi connectivity index (χ0) is 20.4. The van der Waals surface area contributed by atoms with Crippen LogP contribution in [0.25, 0.3) is 11.0 Å². The quantitative estimate of drug-likeness (QED) is 0.539. The number of piperidine rings is 1. The molecule has 0 spiro atoms. The number of hydrogen-bond acceptors (Lipinski definition) is 4. The Morgan fingerprint density at radius 3 is 2.62 bits per heavy atom. The first-order valence-corrected chi connectivity index (χ1v) is 10.5. The van der Waals surface area contributed by atoms with Crippen molar-refractivity contribution in [2.75, 3.05) is 23.3 Å².